The molecule has 0 saturated heterocycles. The summed E-state index contributed by atoms with van der Waals surface area (Å²) in [7, 11) is 0. The molecule has 1 aromatic heterocycles. The summed E-state index contributed by atoms with van der Waals surface area (Å²) in [4.78, 5) is 12.2. The molecule has 0 unspecified atom stereocenters. The molecule has 0 atom stereocenters. The van der Waals surface area contributed by atoms with Crippen molar-refractivity contribution >= 4 is 18.1 Å². The molecule has 0 bridgehead atoms. The number of aromatic nitrogens is 2. The van der Waals surface area contributed by atoms with Gasteiger partial charge in [0, 0.05) is 6.54 Å². The van der Waals surface area contributed by atoms with Crippen molar-refractivity contribution in [3.8, 4) is 5.75 Å². The first kappa shape index (κ1) is 17.9. The van der Waals surface area contributed by atoms with Gasteiger partial charge in [0.05, 0.1) is 0 Å². The van der Waals surface area contributed by atoms with Gasteiger partial charge in [-0.05, 0) is 42.4 Å². The summed E-state index contributed by atoms with van der Waals surface area (Å²) in [6, 6.07) is 17.4. The van der Waals surface area contributed by atoms with Crippen LogP contribution in [0.5, 0.6) is 5.75 Å². The van der Waals surface area contributed by atoms with Crippen LogP contribution in [-0.2, 0) is 24.5 Å². The molecule has 3 aromatic rings. The van der Waals surface area contributed by atoms with E-state index in [-0.39, 0.29) is 23.9 Å². The SMILES string of the molecule is Cc1cccc(OCc2nn(CC(=O)NCc3ccccc3)c(=S)o2)c1. The molecule has 1 amide bonds. The molecule has 0 aliphatic carbocycles. The van der Waals surface area contributed by atoms with Gasteiger partial charge in [-0.25, -0.2) is 4.68 Å². The topological polar surface area (TPSA) is 69.3 Å². The molecule has 0 spiro atoms. The van der Waals surface area contributed by atoms with Crippen LogP contribution in [0.25, 0.3) is 0 Å². The van der Waals surface area contributed by atoms with E-state index in [9.17, 15) is 4.79 Å². The van der Waals surface area contributed by atoms with Crippen LogP contribution in [0.3, 0.4) is 0 Å². The number of nitrogens with one attached hydrogen (secondary N) is 1. The monoisotopic (exact) mass is 369 g/mol. The number of carbonyl (C=O) groups is 1. The molecule has 0 saturated carbocycles. The second kappa shape index (κ2) is 8.44. The average molecular weight is 369 g/mol. The number of benzene rings is 2. The molecule has 0 radical (unpaired) electrons. The van der Waals surface area contributed by atoms with Crippen LogP contribution in [0, 0.1) is 11.8 Å². The second-order valence-corrected chi connectivity index (χ2v) is 6.14. The lowest BCUT2D eigenvalue weighted by Gasteiger charge is -2.05. The first-order valence-corrected chi connectivity index (χ1v) is 8.58. The molecule has 1 heterocycles. The van der Waals surface area contributed by atoms with Crippen molar-refractivity contribution in [3.05, 3.63) is 76.5 Å². The number of hydrogen-bond donors (Lipinski definition) is 1. The predicted octanol–water partition coefficient (Wildman–Crippen LogP) is 3.41. The quantitative estimate of drug-likeness (QED) is 0.647. The van der Waals surface area contributed by atoms with Gasteiger partial charge in [-0.3, -0.25) is 4.79 Å². The minimum Gasteiger partial charge on any atom is -0.484 e. The first-order chi connectivity index (χ1) is 12.6. The summed E-state index contributed by atoms with van der Waals surface area (Å²) in [6.07, 6.45) is 0. The van der Waals surface area contributed by atoms with Crippen molar-refractivity contribution in [3.63, 3.8) is 0 Å². The lowest BCUT2D eigenvalue weighted by atomic mass is 10.2. The number of nitrogens with zero attached hydrogens (tertiary/aromatic N) is 2. The maximum absolute atomic E-state index is 12.1. The maximum atomic E-state index is 12.1. The van der Waals surface area contributed by atoms with Crippen molar-refractivity contribution < 1.29 is 13.9 Å². The zero-order valence-electron chi connectivity index (χ0n) is 14.3. The summed E-state index contributed by atoms with van der Waals surface area (Å²) >= 11 is 5.12. The fourth-order valence-electron chi connectivity index (χ4n) is 2.35. The Bertz CT molecular complexity index is 934. The molecule has 2 aromatic carbocycles. The van der Waals surface area contributed by atoms with Crippen LogP contribution in [0.1, 0.15) is 17.0 Å². The van der Waals surface area contributed by atoms with Gasteiger partial charge in [-0.2, -0.15) is 0 Å². The molecule has 26 heavy (non-hydrogen) atoms. The molecular weight excluding hydrogens is 350 g/mol. The van der Waals surface area contributed by atoms with Gasteiger partial charge < -0.3 is 14.5 Å². The summed E-state index contributed by atoms with van der Waals surface area (Å²) in [5.74, 6) is 0.859. The molecule has 3 rings (SSSR count). The van der Waals surface area contributed by atoms with E-state index < -0.39 is 0 Å². The minimum atomic E-state index is -0.190. The van der Waals surface area contributed by atoms with Crippen molar-refractivity contribution in [2.75, 3.05) is 0 Å². The number of aryl methyl sites for hydroxylation is 1. The van der Waals surface area contributed by atoms with Gasteiger partial charge in [0.25, 0.3) is 10.7 Å². The third-order valence-corrected chi connectivity index (χ3v) is 3.92. The van der Waals surface area contributed by atoms with Gasteiger partial charge in [-0.1, -0.05) is 42.5 Å². The highest BCUT2D eigenvalue weighted by Gasteiger charge is 2.10. The molecule has 0 fully saturated rings. The van der Waals surface area contributed by atoms with Gasteiger partial charge in [0.15, 0.2) is 6.61 Å². The molecule has 134 valence electrons. The van der Waals surface area contributed by atoms with Crippen molar-refractivity contribution in [1.29, 1.82) is 0 Å². The van der Waals surface area contributed by atoms with Crippen molar-refractivity contribution in [1.82, 2.24) is 15.1 Å². The highest BCUT2D eigenvalue weighted by atomic mass is 32.1. The van der Waals surface area contributed by atoms with Gasteiger partial charge in [0.2, 0.25) is 5.91 Å². The third-order valence-electron chi connectivity index (χ3n) is 3.63. The Kier molecular flexibility index (Phi) is 5.80. The van der Waals surface area contributed by atoms with E-state index in [0.717, 1.165) is 16.9 Å². The molecule has 0 aliphatic heterocycles. The Morgan fingerprint density at radius 1 is 1.23 bits per heavy atom. The van der Waals surface area contributed by atoms with E-state index in [2.05, 4.69) is 10.4 Å². The Morgan fingerprint density at radius 3 is 2.81 bits per heavy atom. The van der Waals surface area contributed by atoms with Crippen LogP contribution in [-0.4, -0.2) is 15.7 Å². The van der Waals surface area contributed by atoms with Gasteiger partial charge in [0.1, 0.15) is 12.3 Å². The Hall–Kier alpha value is -2.93. The summed E-state index contributed by atoms with van der Waals surface area (Å²) in [5.41, 5.74) is 2.13. The Balaban J connectivity index is 1.54. The highest BCUT2D eigenvalue weighted by molar-refractivity contribution is 7.71. The van der Waals surface area contributed by atoms with E-state index in [1.54, 1.807) is 0 Å². The fourth-order valence-corrected chi connectivity index (χ4v) is 2.55. The Labute approximate surface area is 156 Å². The van der Waals surface area contributed by atoms with Crippen LogP contribution >= 0.6 is 12.2 Å². The highest BCUT2D eigenvalue weighted by Crippen LogP contribution is 2.14. The van der Waals surface area contributed by atoms with E-state index in [0.29, 0.717) is 12.4 Å². The van der Waals surface area contributed by atoms with Crippen LogP contribution < -0.4 is 10.1 Å². The Morgan fingerprint density at radius 2 is 2.04 bits per heavy atom. The van der Waals surface area contributed by atoms with Gasteiger partial charge >= 0.3 is 0 Å². The standard InChI is InChI=1S/C19H19N3O3S/c1-14-6-5-9-16(10-14)24-13-18-21-22(19(26)25-18)12-17(23)20-11-15-7-3-2-4-8-15/h2-10H,11-13H2,1H3,(H,20,23). The summed E-state index contributed by atoms with van der Waals surface area (Å²) in [6.45, 7) is 2.58. The molecule has 0 aliphatic rings. The number of amides is 1. The largest absolute Gasteiger partial charge is 0.484 e. The molecule has 7 heteroatoms. The fraction of sp³-hybridized carbons (Fsp3) is 0.211. The molecule has 1 N–H and O–H groups in total. The predicted molar refractivity (Wildman–Crippen MR) is 99.1 cm³/mol. The number of hydrogen-bond acceptors (Lipinski definition) is 5. The van der Waals surface area contributed by atoms with Gasteiger partial charge in [-0.15, -0.1) is 5.10 Å². The van der Waals surface area contributed by atoms with E-state index >= 15 is 0 Å². The van der Waals surface area contributed by atoms with Crippen LogP contribution in [0.15, 0.2) is 59.0 Å². The number of ether oxygens (including phenoxy) is 1. The van der Waals surface area contributed by atoms with Crippen LogP contribution in [0.4, 0.5) is 0 Å². The van der Waals surface area contributed by atoms with Crippen molar-refractivity contribution in [2.24, 2.45) is 0 Å². The number of rotatable bonds is 7. The van der Waals surface area contributed by atoms with E-state index in [1.807, 2.05) is 61.5 Å². The van der Waals surface area contributed by atoms with Crippen LogP contribution in [0.2, 0.25) is 0 Å². The third kappa shape index (κ3) is 5.03. The second-order valence-electron chi connectivity index (χ2n) is 5.79. The zero-order valence-corrected chi connectivity index (χ0v) is 15.2. The smallest absolute Gasteiger partial charge is 0.287 e. The van der Waals surface area contributed by atoms with Crippen molar-refractivity contribution in [2.45, 2.75) is 26.6 Å². The number of carbonyl (C=O) groups excluding carboxylic acids is 1. The molecular formula is C19H19N3O3S. The normalized spacial score (nSPS) is 10.5. The minimum absolute atomic E-state index is 0.000385. The maximum Gasteiger partial charge on any atom is 0.287 e. The summed E-state index contributed by atoms with van der Waals surface area (Å²) in [5, 5.41) is 7.03. The van der Waals surface area contributed by atoms with E-state index in [1.165, 1.54) is 4.68 Å². The average Bonchev–Trinajstić information content (AvgIpc) is 2.99. The zero-order chi connectivity index (χ0) is 18.4. The molecule has 6 nitrogen and oxygen atoms in total. The lowest BCUT2D eigenvalue weighted by Crippen LogP contribution is -2.27. The summed E-state index contributed by atoms with van der Waals surface area (Å²) < 4.78 is 12.4. The first-order valence-electron chi connectivity index (χ1n) is 8.17. The van der Waals surface area contributed by atoms with E-state index in [4.69, 9.17) is 21.4 Å². The lowest BCUT2D eigenvalue weighted by molar-refractivity contribution is -0.122.